The van der Waals surface area contributed by atoms with Gasteiger partial charge in [-0.2, -0.15) is 0 Å². The van der Waals surface area contributed by atoms with Gasteiger partial charge in [-0.15, -0.1) is 0 Å². The van der Waals surface area contributed by atoms with Crippen LogP contribution in [-0.2, 0) is 0 Å². The normalized spacial score (nSPS) is 16.6. The summed E-state index contributed by atoms with van der Waals surface area (Å²) in [5.41, 5.74) is 7.64. The van der Waals surface area contributed by atoms with Crippen molar-refractivity contribution in [1.82, 2.24) is 15.0 Å². The molecular weight excluding hydrogens is 463 g/mol. The van der Waals surface area contributed by atoms with Gasteiger partial charge in [0.1, 0.15) is 0 Å². The number of hydrogen-bond donors (Lipinski definition) is 2. The number of rotatable bonds is 6. The molecule has 3 aromatic rings. The van der Waals surface area contributed by atoms with Gasteiger partial charge in [-0.25, -0.2) is 0 Å². The topological polar surface area (TPSA) is 114 Å². The van der Waals surface area contributed by atoms with Crippen molar-refractivity contribution >= 4 is 48.2 Å². The van der Waals surface area contributed by atoms with Gasteiger partial charge in [0.25, 0.3) is 0 Å². The molecule has 178 valence electrons. The molecule has 11 heteroatoms. The first kappa shape index (κ1) is 23.5. The molecule has 1 aliphatic rings. The molecule has 2 aromatic heterocycles. The van der Waals surface area contributed by atoms with Gasteiger partial charge in [0.15, 0.2) is 0 Å². The van der Waals surface area contributed by atoms with Crippen molar-refractivity contribution in [2.45, 2.75) is 19.8 Å². The molecule has 1 saturated heterocycles. The summed E-state index contributed by atoms with van der Waals surface area (Å²) in [4.78, 5) is 27.5. The number of aromatic nitrogens is 3. The van der Waals surface area contributed by atoms with E-state index < -0.39 is 7.49 Å². The molecule has 4 rings (SSSR count). The standard InChI is InChI=1S/C22H30ClN6O3P/c1-14(2)19-13-26-22(32-19)29(21-25-12-16(23)20(24)27-21)17-6-5-15(11-18(17)31-3)28-7-9-33(4,30)10-8-28/h5-6,11-14,30,33H,7-10H2,1-4H3,(H2,24,25,27). The quantitative estimate of drug-likeness (QED) is 0.483. The molecule has 0 bridgehead atoms. The number of ether oxygens (including phenoxy) is 1. The molecule has 3 N–H and O–H groups in total. The molecule has 1 fully saturated rings. The van der Waals surface area contributed by atoms with E-state index in [0.29, 0.717) is 17.5 Å². The van der Waals surface area contributed by atoms with Crippen LogP contribution >= 0.6 is 19.1 Å². The van der Waals surface area contributed by atoms with E-state index in [2.05, 4.69) is 19.9 Å². The maximum atomic E-state index is 10.4. The number of hydrogen-bond acceptors (Lipinski definition) is 9. The van der Waals surface area contributed by atoms with Gasteiger partial charge in [-0.3, -0.25) is 0 Å². The fourth-order valence-corrected chi connectivity index (χ4v) is 5.56. The second-order valence-corrected chi connectivity index (χ2v) is 13.2. The predicted octanol–water partition coefficient (Wildman–Crippen LogP) is 4.41. The predicted molar refractivity (Wildman–Crippen MR) is 135 cm³/mol. The zero-order valence-electron chi connectivity index (χ0n) is 19.2. The molecule has 0 radical (unpaired) electrons. The monoisotopic (exact) mass is 492 g/mol. The van der Waals surface area contributed by atoms with Crippen LogP contribution < -0.4 is 20.3 Å². The van der Waals surface area contributed by atoms with E-state index in [0.717, 1.165) is 36.9 Å². The third kappa shape index (κ3) is 5.00. The first-order chi connectivity index (χ1) is 15.7. The number of halogens is 1. The fraction of sp³-hybridized carbons (Fsp3) is 0.409. The number of nitrogens with two attached hydrogens (primary N) is 1. The number of nitrogen functional groups attached to an aromatic ring is 1. The molecule has 0 saturated carbocycles. The minimum absolute atomic E-state index is 0.155. The first-order valence-corrected chi connectivity index (χ1v) is 14.1. The van der Waals surface area contributed by atoms with Gasteiger partial charge >= 0.3 is 173 Å². The van der Waals surface area contributed by atoms with Crippen molar-refractivity contribution in [2.75, 3.05) is 54.7 Å². The maximum absolute atomic E-state index is 10.4. The van der Waals surface area contributed by atoms with E-state index in [1.54, 1.807) is 18.2 Å². The number of methoxy groups -OCH3 is 1. The second-order valence-electron chi connectivity index (χ2n) is 8.78. The fourth-order valence-electron chi connectivity index (χ4n) is 3.72. The Labute approximate surface area is 199 Å². The van der Waals surface area contributed by atoms with Crippen LogP contribution in [0.2, 0.25) is 5.02 Å². The van der Waals surface area contributed by atoms with Crippen LogP contribution in [0.1, 0.15) is 25.5 Å². The zero-order valence-corrected chi connectivity index (χ0v) is 21.0. The number of benzene rings is 1. The van der Waals surface area contributed by atoms with Gasteiger partial charge in [0, 0.05) is 0 Å². The third-order valence-electron chi connectivity index (χ3n) is 5.84. The zero-order chi connectivity index (χ0) is 23.8. The van der Waals surface area contributed by atoms with Gasteiger partial charge in [-0.05, 0) is 0 Å². The summed E-state index contributed by atoms with van der Waals surface area (Å²) in [6, 6.07) is 6.20. The van der Waals surface area contributed by atoms with Gasteiger partial charge in [0.2, 0.25) is 0 Å². The van der Waals surface area contributed by atoms with E-state index in [1.807, 2.05) is 38.7 Å². The molecule has 9 nitrogen and oxygen atoms in total. The second kappa shape index (κ2) is 9.33. The number of anilines is 5. The first-order valence-electron chi connectivity index (χ1n) is 10.9. The SMILES string of the molecule is COc1cc(N2CC[PH](C)(O)CC2)ccc1N(c1ncc(Cl)c(N)n1)c1ncc(C(C)C)o1. The van der Waals surface area contributed by atoms with E-state index in [1.165, 1.54) is 6.20 Å². The molecule has 0 unspecified atom stereocenters. The van der Waals surface area contributed by atoms with Crippen molar-refractivity contribution in [3.8, 4) is 5.75 Å². The van der Waals surface area contributed by atoms with Crippen LogP contribution in [0.25, 0.3) is 0 Å². The van der Waals surface area contributed by atoms with Crippen LogP contribution in [0.3, 0.4) is 0 Å². The van der Waals surface area contributed by atoms with Crippen molar-refractivity contribution < 1.29 is 14.0 Å². The Kier molecular flexibility index (Phi) is 6.66. The summed E-state index contributed by atoms with van der Waals surface area (Å²) in [5.74, 6) is 1.91. The summed E-state index contributed by atoms with van der Waals surface area (Å²) in [6.45, 7) is 7.71. The van der Waals surface area contributed by atoms with Crippen LogP contribution in [-0.4, -0.2) is 59.0 Å². The van der Waals surface area contributed by atoms with Crippen LogP contribution in [0.15, 0.2) is 35.0 Å². The summed E-state index contributed by atoms with van der Waals surface area (Å²) in [6.07, 6.45) is 4.82. The van der Waals surface area contributed by atoms with E-state index in [4.69, 9.17) is 26.5 Å². The minimum atomic E-state index is -2.06. The van der Waals surface area contributed by atoms with Crippen molar-refractivity contribution in [3.63, 3.8) is 0 Å². The van der Waals surface area contributed by atoms with E-state index in [9.17, 15) is 4.89 Å². The summed E-state index contributed by atoms with van der Waals surface area (Å²) < 4.78 is 11.8. The molecule has 0 amide bonds. The van der Waals surface area contributed by atoms with Gasteiger partial charge in [0.05, 0.1) is 0 Å². The van der Waals surface area contributed by atoms with Crippen LogP contribution in [0, 0.1) is 0 Å². The Bertz CT molecular complexity index is 1130. The molecule has 1 aromatic carbocycles. The Morgan fingerprint density at radius 3 is 2.58 bits per heavy atom. The Balaban J connectivity index is 1.76. The summed E-state index contributed by atoms with van der Waals surface area (Å²) >= 11 is 6.06. The number of oxazole rings is 1. The van der Waals surface area contributed by atoms with E-state index >= 15 is 0 Å². The molecule has 0 atom stereocenters. The molecule has 0 aliphatic carbocycles. The van der Waals surface area contributed by atoms with Crippen molar-refractivity contribution in [1.29, 1.82) is 0 Å². The van der Waals surface area contributed by atoms with Crippen LogP contribution in [0.4, 0.5) is 29.2 Å². The van der Waals surface area contributed by atoms with Crippen LogP contribution in [0.5, 0.6) is 5.75 Å². The molecule has 0 spiro atoms. The molecule has 3 heterocycles. The van der Waals surface area contributed by atoms with Gasteiger partial charge < -0.3 is 0 Å². The third-order valence-corrected chi connectivity index (χ3v) is 8.73. The van der Waals surface area contributed by atoms with Crippen molar-refractivity contribution in [3.05, 3.63) is 41.4 Å². The van der Waals surface area contributed by atoms with Gasteiger partial charge in [-0.1, -0.05) is 25.4 Å². The van der Waals surface area contributed by atoms with Crippen molar-refractivity contribution in [2.24, 2.45) is 0 Å². The Morgan fingerprint density at radius 1 is 1.24 bits per heavy atom. The number of nitrogens with zero attached hydrogens (tertiary/aromatic N) is 5. The Hall–Kier alpha value is -2.61. The summed E-state index contributed by atoms with van der Waals surface area (Å²) in [7, 11) is -0.450. The molecule has 33 heavy (non-hydrogen) atoms. The molecule has 1 aliphatic heterocycles. The van der Waals surface area contributed by atoms with E-state index in [-0.39, 0.29) is 22.7 Å². The summed E-state index contributed by atoms with van der Waals surface area (Å²) in [5, 5.41) is 0.265. The Morgan fingerprint density at radius 2 is 1.97 bits per heavy atom. The molecular formula is C22H30ClN6O3P. The average molecular weight is 493 g/mol. The average Bonchev–Trinajstić information content (AvgIpc) is 3.27.